The SMILES string of the molecule is CCC(=O)[C@H]1[C@H](C)N1S(=O)(=O)c1ccc(C)cc1. The van der Waals surface area contributed by atoms with Gasteiger partial charge in [0.25, 0.3) is 0 Å². The van der Waals surface area contributed by atoms with Crippen LogP contribution in [0.3, 0.4) is 0 Å². The average molecular weight is 267 g/mol. The highest BCUT2D eigenvalue weighted by Gasteiger charge is 2.55. The minimum atomic E-state index is -3.52. The predicted molar refractivity (Wildman–Crippen MR) is 68.8 cm³/mol. The Morgan fingerprint density at radius 1 is 1.28 bits per heavy atom. The molecule has 0 aromatic heterocycles. The van der Waals surface area contributed by atoms with Gasteiger partial charge >= 0.3 is 0 Å². The zero-order valence-electron chi connectivity index (χ0n) is 10.8. The summed E-state index contributed by atoms with van der Waals surface area (Å²) < 4.78 is 25.9. The van der Waals surface area contributed by atoms with Crippen molar-refractivity contribution in [3.63, 3.8) is 0 Å². The van der Waals surface area contributed by atoms with Crippen LogP contribution in [0.4, 0.5) is 0 Å². The Balaban J connectivity index is 2.29. The van der Waals surface area contributed by atoms with E-state index < -0.39 is 16.1 Å². The Kier molecular flexibility index (Phi) is 3.29. The molecule has 98 valence electrons. The third-order valence-corrected chi connectivity index (χ3v) is 5.30. The Labute approximate surface area is 108 Å². The van der Waals surface area contributed by atoms with Crippen molar-refractivity contribution >= 4 is 15.8 Å². The van der Waals surface area contributed by atoms with E-state index in [1.807, 2.05) is 6.92 Å². The number of rotatable bonds is 4. The van der Waals surface area contributed by atoms with Crippen molar-refractivity contribution in [2.75, 3.05) is 0 Å². The quantitative estimate of drug-likeness (QED) is 0.781. The van der Waals surface area contributed by atoms with Crippen molar-refractivity contribution in [3.05, 3.63) is 29.8 Å². The first kappa shape index (κ1) is 13.2. The first-order valence-corrected chi connectivity index (χ1v) is 7.46. The van der Waals surface area contributed by atoms with Gasteiger partial charge in [-0.1, -0.05) is 24.6 Å². The summed E-state index contributed by atoms with van der Waals surface area (Å²) in [5, 5.41) is 0. The Morgan fingerprint density at radius 2 is 1.83 bits per heavy atom. The highest BCUT2D eigenvalue weighted by molar-refractivity contribution is 7.89. The van der Waals surface area contributed by atoms with Crippen LogP contribution >= 0.6 is 0 Å². The van der Waals surface area contributed by atoms with E-state index in [9.17, 15) is 13.2 Å². The van der Waals surface area contributed by atoms with Crippen LogP contribution < -0.4 is 0 Å². The molecule has 1 aromatic rings. The molecule has 1 aromatic carbocycles. The molecule has 0 saturated carbocycles. The molecule has 1 aliphatic rings. The lowest BCUT2D eigenvalue weighted by atomic mass is 10.2. The maximum atomic E-state index is 12.3. The molecule has 0 radical (unpaired) electrons. The fourth-order valence-electron chi connectivity index (χ4n) is 2.14. The van der Waals surface area contributed by atoms with Gasteiger partial charge in [-0.3, -0.25) is 4.79 Å². The van der Waals surface area contributed by atoms with Crippen LogP contribution in [-0.4, -0.2) is 30.6 Å². The molecule has 3 atom stereocenters. The Morgan fingerprint density at radius 3 is 2.33 bits per heavy atom. The molecule has 18 heavy (non-hydrogen) atoms. The third kappa shape index (κ3) is 2.08. The topological polar surface area (TPSA) is 54.2 Å². The van der Waals surface area contributed by atoms with Gasteiger partial charge in [0.2, 0.25) is 10.0 Å². The molecule has 0 bridgehead atoms. The molecule has 1 unspecified atom stereocenters. The van der Waals surface area contributed by atoms with Gasteiger partial charge in [0.15, 0.2) is 5.78 Å². The van der Waals surface area contributed by atoms with Crippen molar-refractivity contribution in [2.45, 2.75) is 44.2 Å². The molecule has 5 heteroatoms. The minimum Gasteiger partial charge on any atom is -0.298 e. The average Bonchev–Trinajstić information content (AvgIpc) is 3.01. The van der Waals surface area contributed by atoms with Gasteiger partial charge in [-0.2, -0.15) is 4.31 Å². The van der Waals surface area contributed by atoms with Crippen LogP contribution in [0.5, 0.6) is 0 Å². The summed E-state index contributed by atoms with van der Waals surface area (Å²) in [6, 6.07) is 6.01. The number of carbonyl (C=O) groups excluding carboxylic acids is 1. The Hall–Kier alpha value is -1.20. The number of benzene rings is 1. The molecule has 0 spiro atoms. The molecule has 1 heterocycles. The van der Waals surface area contributed by atoms with Gasteiger partial charge in [-0.15, -0.1) is 0 Å². The number of Topliss-reactive ketones (excluding diaryl/α,β-unsaturated/α-hetero) is 1. The van der Waals surface area contributed by atoms with E-state index in [0.29, 0.717) is 6.42 Å². The van der Waals surface area contributed by atoms with Crippen molar-refractivity contribution in [2.24, 2.45) is 0 Å². The van der Waals surface area contributed by atoms with E-state index in [0.717, 1.165) is 5.56 Å². The molecule has 1 saturated heterocycles. The lowest BCUT2D eigenvalue weighted by Crippen LogP contribution is -2.19. The van der Waals surface area contributed by atoms with Crippen LogP contribution in [-0.2, 0) is 14.8 Å². The molecule has 1 fully saturated rings. The monoisotopic (exact) mass is 267 g/mol. The molecule has 2 rings (SSSR count). The number of carbonyl (C=O) groups is 1. The largest absolute Gasteiger partial charge is 0.298 e. The predicted octanol–water partition coefficient (Wildman–Crippen LogP) is 1.74. The van der Waals surface area contributed by atoms with Gasteiger partial charge in [0.05, 0.1) is 4.90 Å². The highest BCUT2D eigenvalue weighted by atomic mass is 32.2. The Bertz CT molecular complexity index is 562. The van der Waals surface area contributed by atoms with Crippen LogP contribution in [0, 0.1) is 6.92 Å². The molecular weight excluding hydrogens is 250 g/mol. The molecule has 0 N–H and O–H groups in total. The number of nitrogens with zero attached hydrogens (tertiary/aromatic N) is 1. The summed E-state index contributed by atoms with van der Waals surface area (Å²) in [5.74, 6) is -0.0156. The number of hydrogen-bond acceptors (Lipinski definition) is 3. The van der Waals surface area contributed by atoms with E-state index in [1.54, 1.807) is 38.1 Å². The molecular formula is C13H17NO3S. The number of sulfonamides is 1. The zero-order valence-corrected chi connectivity index (χ0v) is 11.6. The van der Waals surface area contributed by atoms with E-state index in [2.05, 4.69) is 0 Å². The van der Waals surface area contributed by atoms with Crippen LogP contribution in [0.2, 0.25) is 0 Å². The second-order valence-electron chi connectivity index (χ2n) is 4.65. The fourth-order valence-corrected chi connectivity index (χ4v) is 3.96. The maximum Gasteiger partial charge on any atom is 0.244 e. The lowest BCUT2D eigenvalue weighted by Gasteiger charge is -2.06. The zero-order chi connectivity index (χ0) is 13.5. The summed E-state index contributed by atoms with van der Waals surface area (Å²) in [6.07, 6.45) is 0.370. The van der Waals surface area contributed by atoms with Gasteiger partial charge in [0, 0.05) is 12.5 Å². The lowest BCUT2D eigenvalue weighted by molar-refractivity contribution is -0.118. The van der Waals surface area contributed by atoms with E-state index in [-0.39, 0.29) is 16.7 Å². The molecule has 0 aliphatic carbocycles. The molecule has 4 nitrogen and oxygen atoms in total. The van der Waals surface area contributed by atoms with Gasteiger partial charge in [-0.05, 0) is 26.0 Å². The smallest absolute Gasteiger partial charge is 0.244 e. The normalized spacial score (nSPS) is 26.9. The first-order valence-electron chi connectivity index (χ1n) is 6.02. The molecule has 0 amide bonds. The summed E-state index contributed by atoms with van der Waals surface area (Å²) in [7, 11) is -3.52. The number of ketones is 1. The minimum absolute atomic E-state index is 0.0156. The highest BCUT2D eigenvalue weighted by Crippen LogP contribution is 2.36. The third-order valence-electron chi connectivity index (χ3n) is 3.32. The van der Waals surface area contributed by atoms with Crippen LogP contribution in [0.25, 0.3) is 0 Å². The van der Waals surface area contributed by atoms with Crippen molar-refractivity contribution in [1.82, 2.24) is 4.31 Å². The summed E-state index contributed by atoms with van der Waals surface area (Å²) in [5.41, 5.74) is 1.01. The van der Waals surface area contributed by atoms with Crippen LogP contribution in [0.1, 0.15) is 25.8 Å². The summed E-state index contributed by atoms with van der Waals surface area (Å²) in [4.78, 5) is 11.9. The second-order valence-corrected chi connectivity index (χ2v) is 6.50. The van der Waals surface area contributed by atoms with Crippen molar-refractivity contribution < 1.29 is 13.2 Å². The van der Waals surface area contributed by atoms with Gasteiger partial charge in [0.1, 0.15) is 6.04 Å². The summed E-state index contributed by atoms with van der Waals surface area (Å²) >= 11 is 0. The number of hydrogen-bond donors (Lipinski definition) is 0. The van der Waals surface area contributed by atoms with E-state index in [1.165, 1.54) is 4.31 Å². The second kappa shape index (κ2) is 4.48. The fraction of sp³-hybridized carbons (Fsp3) is 0.462. The maximum absolute atomic E-state index is 12.3. The van der Waals surface area contributed by atoms with Gasteiger partial charge < -0.3 is 0 Å². The van der Waals surface area contributed by atoms with Crippen molar-refractivity contribution in [1.29, 1.82) is 0 Å². The summed E-state index contributed by atoms with van der Waals surface area (Å²) in [6.45, 7) is 5.42. The first-order chi connectivity index (χ1) is 8.39. The standard InChI is InChI=1S/C13H17NO3S/c1-4-12(15)13-10(3)14(13)18(16,17)11-7-5-9(2)6-8-11/h5-8,10,13H,4H2,1-3H3/t10-,13+,14?/m0/s1. The van der Waals surface area contributed by atoms with Crippen molar-refractivity contribution in [3.8, 4) is 0 Å². The van der Waals surface area contributed by atoms with E-state index in [4.69, 9.17) is 0 Å². The van der Waals surface area contributed by atoms with Crippen LogP contribution in [0.15, 0.2) is 29.2 Å². The number of aryl methyl sites for hydroxylation is 1. The van der Waals surface area contributed by atoms with E-state index >= 15 is 0 Å². The van der Waals surface area contributed by atoms with Gasteiger partial charge in [-0.25, -0.2) is 8.42 Å². The molecule has 1 aliphatic heterocycles.